The van der Waals surface area contributed by atoms with Gasteiger partial charge in [-0.3, -0.25) is 4.79 Å². The molecule has 1 heterocycles. The normalized spacial score (nSPS) is 21.0. The molecule has 0 bridgehead atoms. The minimum Gasteiger partial charge on any atom is -0.393 e. The molecule has 4 nitrogen and oxygen atoms in total. The molecule has 0 aliphatic heterocycles. The average Bonchev–Trinajstić information content (AvgIpc) is 3.13. The van der Waals surface area contributed by atoms with E-state index in [-0.39, 0.29) is 17.9 Å². The summed E-state index contributed by atoms with van der Waals surface area (Å²) in [6.07, 6.45) is 2.60. The van der Waals surface area contributed by atoms with E-state index in [9.17, 15) is 9.90 Å². The molecule has 22 heavy (non-hydrogen) atoms. The van der Waals surface area contributed by atoms with Gasteiger partial charge >= 0.3 is 0 Å². The second-order valence-corrected chi connectivity index (χ2v) is 6.86. The first-order chi connectivity index (χ1) is 10.6. The maximum absolute atomic E-state index is 12.3. The number of aliphatic hydroxyl groups is 1. The van der Waals surface area contributed by atoms with E-state index in [1.54, 1.807) is 11.3 Å². The molecule has 5 heteroatoms. The Morgan fingerprint density at radius 2 is 2.32 bits per heavy atom. The largest absolute Gasteiger partial charge is 0.393 e. The molecule has 116 valence electrons. The maximum Gasteiger partial charge on any atom is 0.251 e. The van der Waals surface area contributed by atoms with Gasteiger partial charge in [0.05, 0.1) is 16.8 Å². The summed E-state index contributed by atoms with van der Waals surface area (Å²) < 4.78 is 0. The van der Waals surface area contributed by atoms with Crippen LogP contribution in [-0.4, -0.2) is 28.6 Å². The molecule has 1 aromatic heterocycles. The van der Waals surface area contributed by atoms with E-state index in [1.165, 1.54) is 0 Å². The lowest BCUT2D eigenvalue weighted by atomic mass is 10.1. The highest BCUT2D eigenvalue weighted by Gasteiger charge is 2.25. The number of thiazole rings is 1. The minimum absolute atomic E-state index is 0.0899. The molecule has 1 fully saturated rings. The van der Waals surface area contributed by atoms with E-state index in [1.807, 2.05) is 36.6 Å². The summed E-state index contributed by atoms with van der Waals surface area (Å²) >= 11 is 1.60. The molecule has 2 unspecified atom stereocenters. The zero-order chi connectivity index (χ0) is 15.5. The minimum atomic E-state index is -0.274. The third-order valence-corrected chi connectivity index (χ3v) is 4.96. The van der Waals surface area contributed by atoms with Crippen molar-refractivity contribution in [3.63, 3.8) is 0 Å². The lowest BCUT2D eigenvalue weighted by Crippen LogP contribution is -2.32. The van der Waals surface area contributed by atoms with Gasteiger partial charge in [-0.15, -0.1) is 11.3 Å². The van der Waals surface area contributed by atoms with Crippen LogP contribution >= 0.6 is 11.3 Å². The molecule has 2 N–H and O–H groups in total. The number of amides is 1. The SMILES string of the molecule is Cc1nc(-c2cccc(C(=O)NCC3CCCC3O)c2)cs1. The molecular weight excluding hydrogens is 296 g/mol. The molecule has 1 aromatic carbocycles. The highest BCUT2D eigenvalue weighted by atomic mass is 32.1. The Kier molecular flexibility index (Phi) is 4.55. The van der Waals surface area contributed by atoms with Crippen molar-refractivity contribution in [2.75, 3.05) is 6.54 Å². The van der Waals surface area contributed by atoms with Crippen LogP contribution in [0, 0.1) is 12.8 Å². The van der Waals surface area contributed by atoms with Crippen LogP contribution in [0.25, 0.3) is 11.3 Å². The number of benzene rings is 1. The summed E-state index contributed by atoms with van der Waals surface area (Å²) in [5.74, 6) is 0.0984. The summed E-state index contributed by atoms with van der Waals surface area (Å²) in [6.45, 7) is 2.51. The van der Waals surface area contributed by atoms with Gasteiger partial charge in [-0.25, -0.2) is 4.98 Å². The first-order valence-corrected chi connectivity index (χ1v) is 8.50. The Hall–Kier alpha value is -1.72. The molecule has 0 spiro atoms. The van der Waals surface area contributed by atoms with Gasteiger partial charge in [-0.05, 0) is 31.9 Å². The van der Waals surface area contributed by atoms with Crippen molar-refractivity contribution in [2.24, 2.45) is 5.92 Å². The fraction of sp³-hybridized carbons (Fsp3) is 0.412. The van der Waals surface area contributed by atoms with Gasteiger partial charge in [0.15, 0.2) is 0 Å². The van der Waals surface area contributed by atoms with Crippen LogP contribution in [0.3, 0.4) is 0 Å². The number of nitrogens with one attached hydrogen (secondary N) is 1. The molecular formula is C17H20N2O2S. The van der Waals surface area contributed by atoms with E-state index in [0.717, 1.165) is 35.5 Å². The smallest absolute Gasteiger partial charge is 0.251 e. The topological polar surface area (TPSA) is 62.2 Å². The number of hydrogen-bond acceptors (Lipinski definition) is 4. The fourth-order valence-electron chi connectivity index (χ4n) is 2.90. The predicted octanol–water partition coefficient (Wildman–Crippen LogP) is 3.01. The van der Waals surface area contributed by atoms with Gasteiger partial charge in [-0.1, -0.05) is 18.6 Å². The van der Waals surface area contributed by atoms with Gasteiger partial charge < -0.3 is 10.4 Å². The van der Waals surface area contributed by atoms with Crippen LogP contribution in [0.1, 0.15) is 34.6 Å². The van der Waals surface area contributed by atoms with E-state index < -0.39 is 0 Å². The van der Waals surface area contributed by atoms with Crippen LogP contribution in [0.5, 0.6) is 0 Å². The number of aliphatic hydroxyl groups excluding tert-OH is 1. The van der Waals surface area contributed by atoms with Gasteiger partial charge in [0.1, 0.15) is 0 Å². The van der Waals surface area contributed by atoms with Crippen molar-refractivity contribution in [2.45, 2.75) is 32.3 Å². The molecule has 3 rings (SSSR count). The number of nitrogens with zero attached hydrogens (tertiary/aromatic N) is 1. The van der Waals surface area contributed by atoms with E-state index in [0.29, 0.717) is 12.1 Å². The number of hydrogen-bond donors (Lipinski definition) is 2. The number of carbonyl (C=O) groups is 1. The Balaban J connectivity index is 1.67. The quantitative estimate of drug-likeness (QED) is 0.911. The van der Waals surface area contributed by atoms with Crippen molar-refractivity contribution >= 4 is 17.2 Å². The van der Waals surface area contributed by atoms with Crippen molar-refractivity contribution in [1.82, 2.24) is 10.3 Å². The van der Waals surface area contributed by atoms with E-state index >= 15 is 0 Å². The zero-order valence-electron chi connectivity index (χ0n) is 12.6. The van der Waals surface area contributed by atoms with Gasteiger partial charge in [-0.2, -0.15) is 0 Å². The number of rotatable bonds is 4. The predicted molar refractivity (Wildman–Crippen MR) is 88.0 cm³/mol. The van der Waals surface area contributed by atoms with Crippen molar-refractivity contribution in [3.05, 3.63) is 40.2 Å². The second kappa shape index (κ2) is 6.58. The Bertz CT molecular complexity index is 668. The monoisotopic (exact) mass is 316 g/mol. The first-order valence-electron chi connectivity index (χ1n) is 7.62. The Morgan fingerprint density at radius 1 is 1.45 bits per heavy atom. The summed E-state index contributed by atoms with van der Waals surface area (Å²) in [7, 11) is 0. The zero-order valence-corrected chi connectivity index (χ0v) is 13.4. The van der Waals surface area contributed by atoms with E-state index in [2.05, 4.69) is 10.3 Å². The Labute approximate surface area is 134 Å². The number of aryl methyl sites for hydroxylation is 1. The summed E-state index contributed by atoms with van der Waals surface area (Å²) in [6, 6.07) is 7.52. The van der Waals surface area contributed by atoms with Gasteiger partial charge in [0.25, 0.3) is 5.91 Å². The lowest BCUT2D eigenvalue weighted by molar-refractivity contribution is 0.0917. The first kappa shape index (κ1) is 15.2. The molecule has 0 radical (unpaired) electrons. The highest BCUT2D eigenvalue weighted by Crippen LogP contribution is 2.25. The second-order valence-electron chi connectivity index (χ2n) is 5.80. The summed E-state index contributed by atoms with van der Waals surface area (Å²) in [5, 5.41) is 15.8. The molecule has 1 aliphatic carbocycles. The number of carbonyl (C=O) groups excluding carboxylic acids is 1. The van der Waals surface area contributed by atoms with Crippen LogP contribution < -0.4 is 5.32 Å². The van der Waals surface area contributed by atoms with Crippen molar-refractivity contribution in [1.29, 1.82) is 0 Å². The standard InChI is InChI=1S/C17H20N2O2S/c1-11-19-15(10-22-11)12-4-2-5-13(8-12)17(21)18-9-14-6-3-7-16(14)20/h2,4-5,8,10,14,16,20H,3,6-7,9H2,1H3,(H,18,21). The molecule has 2 atom stereocenters. The van der Waals surface area contributed by atoms with Crippen LogP contribution in [0.15, 0.2) is 29.6 Å². The molecule has 0 saturated heterocycles. The maximum atomic E-state index is 12.3. The molecule has 1 saturated carbocycles. The van der Waals surface area contributed by atoms with Crippen LogP contribution in [0.2, 0.25) is 0 Å². The van der Waals surface area contributed by atoms with Crippen LogP contribution in [0.4, 0.5) is 0 Å². The fourth-order valence-corrected chi connectivity index (χ4v) is 3.52. The molecule has 1 amide bonds. The molecule has 2 aromatic rings. The van der Waals surface area contributed by atoms with Crippen molar-refractivity contribution < 1.29 is 9.90 Å². The third-order valence-electron chi connectivity index (χ3n) is 4.18. The molecule has 1 aliphatic rings. The average molecular weight is 316 g/mol. The lowest BCUT2D eigenvalue weighted by Gasteiger charge is -2.15. The van der Waals surface area contributed by atoms with E-state index in [4.69, 9.17) is 0 Å². The highest BCUT2D eigenvalue weighted by molar-refractivity contribution is 7.09. The summed E-state index contributed by atoms with van der Waals surface area (Å²) in [5.41, 5.74) is 2.50. The third kappa shape index (κ3) is 3.36. The van der Waals surface area contributed by atoms with Crippen LogP contribution in [-0.2, 0) is 0 Å². The van der Waals surface area contributed by atoms with Gasteiger partial charge in [0, 0.05) is 29.0 Å². The number of aromatic nitrogens is 1. The van der Waals surface area contributed by atoms with Crippen molar-refractivity contribution in [3.8, 4) is 11.3 Å². The Morgan fingerprint density at radius 3 is 3.00 bits per heavy atom. The van der Waals surface area contributed by atoms with Gasteiger partial charge in [0.2, 0.25) is 0 Å². The summed E-state index contributed by atoms with van der Waals surface area (Å²) in [4.78, 5) is 16.7.